The van der Waals surface area contributed by atoms with Gasteiger partial charge in [-0.3, -0.25) is 4.79 Å². The maximum Gasteiger partial charge on any atom is 0.338 e. The predicted molar refractivity (Wildman–Crippen MR) is 133 cm³/mol. The van der Waals surface area contributed by atoms with E-state index < -0.39 is 18.0 Å². The number of halogens is 1. The maximum absolute atomic E-state index is 13.3. The summed E-state index contributed by atoms with van der Waals surface area (Å²) in [6.07, 6.45) is 0.840. The van der Waals surface area contributed by atoms with Gasteiger partial charge in [-0.25, -0.2) is 9.59 Å². The Kier molecular flexibility index (Phi) is 7.59. The minimum absolute atomic E-state index is 0.272. The molecule has 1 saturated heterocycles. The molecule has 1 fully saturated rings. The van der Waals surface area contributed by atoms with Gasteiger partial charge in [-0.15, -0.1) is 0 Å². The fourth-order valence-corrected chi connectivity index (χ4v) is 4.69. The smallest absolute Gasteiger partial charge is 0.338 e. The van der Waals surface area contributed by atoms with Crippen LogP contribution in [0.1, 0.15) is 27.9 Å². The molecule has 10 heteroatoms. The Morgan fingerprint density at radius 1 is 1.06 bits per heavy atom. The average molecular weight is 501 g/mol. The van der Waals surface area contributed by atoms with Gasteiger partial charge < -0.3 is 29.9 Å². The molecule has 0 bridgehead atoms. The molecule has 2 atom stereocenters. The minimum Gasteiger partial charge on any atom is -0.465 e. The number of likely N-dealkylation sites (tertiary alicyclic amines) is 1. The minimum atomic E-state index is -0.740. The molecule has 0 aromatic heterocycles. The van der Waals surface area contributed by atoms with Crippen LogP contribution in [-0.4, -0.2) is 74.2 Å². The molecular formula is C25H29ClN4O5. The number of nitrogens with zero attached hydrogens (tertiary/aromatic N) is 2. The van der Waals surface area contributed by atoms with Crippen molar-refractivity contribution < 1.29 is 23.9 Å². The van der Waals surface area contributed by atoms with Gasteiger partial charge >= 0.3 is 12.0 Å². The van der Waals surface area contributed by atoms with Crippen molar-refractivity contribution in [2.45, 2.75) is 31.5 Å². The summed E-state index contributed by atoms with van der Waals surface area (Å²) < 4.78 is 10.4. The van der Waals surface area contributed by atoms with Crippen molar-refractivity contribution in [3.8, 4) is 0 Å². The summed E-state index contributed by atoms with van der Waals surface area (Å²) in [5.74, 6) is -0.795. The lowest BCUT2D eigenvalue weighted by atomic mass is 9.94. The normalized spacial score (nSPS) is 19.7. The van der Waals surface area contributed by atoms with Crippen LogP contribution in [0.15, 0.2) is 36.4 Å². The molecule has 2 heterocycles. The van der Waals surface area contributed by atoms with Crippen LogP contribution in [0.2, 0.25) is 5.02 Å². The molecule has 2 aromatic rings. The molecule has 9 nitrogen and oxygen atoms in total. The average Bonchev–Trinajstić information content (AvgIpc) is 3.30. The van der Waals surface area contributed by atoms with Crippen molar-refractivity contribution >= 4 is 40.9 Å². The SMILES string of the molecule is COC(=O)c1cc(NC(=O)[C@H]2C[C@@H](OC)CN2C(=O)Nc2ccc(Cl)cc2)cc2c1CN(C)CC2. The Hall–Kier alpha value is -3.14. The summed E-state index contributed by atoms with van der Waals surface area (Å²) in [7, 11) is 4.89. The van der Waals surface area contributed by atoms with Crippen LogP contribution in [0.4, 0.5) is 16.2 Å². The van der Waals surface area contributed by atoms with E-state index in [9.17, 15) is 14.4 Å². The van der Waals surface area contributed by atoms with E-state index in [2.05, 4.69) is 15.5 Å². The Balaban J connectivity index is 1.54. The quantitative estimate of drug-likeness (QED) is 0.610. The summed E-state index contributed by atoms with van der Waals surface area (Å²) in [5, 5.41) is 6.28. The van der Waals surface area contributed by atoms with Gasteiger partial charge in [0, 0.05) is 49.6 Å². The maximum atomic E-state index is 13.3. The van der Waals surface area contributed by atoms with Gasteiger partial charge in [0.2, 0.25) is 5.91 Å². The van der Waals surface area contributed by atoms with E-state index in [1.54, 1.807) is 37.4 Å². The van der Waals surface area contributed by atoms with Gasteiger partial charge in [0.15, 0.2) is 0 Å². The molecule has 2 aromatic carbocycles. The second-order valence-corrected chi connectivity index (χ2v) is 9.27. The summed E-state index contributed by atoms with van der Waals surface area (Å²) in [4.78, 5) is 42.4. The van der Waals surface area contributed by atoms with E-state index >= 15 is 0 Å². The lowest BCUT2D eigenvalue weighted by Crippen LogP contribution is -2.45. The number of rotatable bonds is 5. The first-order valence-corrected chi connectivity index (χ1v) is 11.8. The molecule has 186 valence electrons. The molecule has 4 rings (SSSR count). The van der Waals surface area contributed by atoms with Gasteiger partial charge in [-0.05, 0) is 61.0 Å². The summed E-state index contributed by atoms with van der Waals surface area (Å²) in [6, 6.07) is 9.13. The van der Waals surface area contributed by atoms with Gasteiger partial charge in [0.25, 0.3) is 0 Å². The van der Waals surface area contributed by atoms with Crippen LogP contribution < -0.4 is 10.6 Å². The highest BCUT2D eigenvalue weighted by molar-refractivity contribution is 6.30. The lowest BCUT2D eigenvalue weighted by Gasteiger charge is -2.28. The van der Waals surface area contributed by atoms with Crippen LogP contribution >= 0.6 is 11.6 Å². The van der Waals surface area contributed by atoms with Crippen LogP contribution in [0.25, 0.3) is 0 Å². The zero-order valence-electron chi connectivity index (χ0n) is 20.0. The topological polar surface area (TPSA) is 100 Å². The number of likely N-dealkylation sites (N-methyl/N-ethyl adjacent to an activating group) is 1. The van der Waals surface area contributed by atoms with Crippen LogP contribution in [0.3, 0.4) is 0 Å². The molecule has 2 aliphatic heterocycles. The highest BCUT2D eigenvalue weighted by atomic mass is 35.5. The fraction of sp³-hybridized carbons (Fsp3) is 0.400. The van der Waals surface area contributed by atoms with E-state index in [0.29, 0.717) is 34.9 Å². The molecule has 0 unspecified atom stereocenters. The van der Waals surface area contributed by atoms with Crippen molar-refractivity contribution in [2.24, 2.45) is 0 Å². The molecule has 35 heavy (non-hydrogen) atoms. The Morgan fingerprint density at radius 2 is 1.80 bits per heavy atom. The Bertz CT molecular complexity index is 1120. The number of amides is 3. The zero-order valence-corrected chi connectivity index (χ0v) is 20.7. The van der Waals surface area contributed by atoms with Crippen LogP contribution in [0, 0.1) is 0 Å². The number of hydrogen-bond acceptors (Lipinski definition) is 6. The van der Waals surface area contributed by atoms with Crippen molar-refractivity contribution in [3.63, 3.8) is 0 Å². The van der Waals surface area contributed by atoms with Crippen LogP contribution in [-0.2, 0) is 27.2 Å². The first-order chi connectivity index (χ1) is 16.8. The number of urea groups is 1. The second-order valence-electron chi connectivity index (χ2n) is 8.83. The number of hydrogen-bond donors (Lipinski definition) is 2. The molecule has 2 aliphatic rings. The van der Waals surface area contributed by atoms with E-state index in [-0.39, 0.29) is 18.6 Å². The summed E-state index contributed by atoms with van der Waals surface area (Å²) >= 11 is 5.92. The first kappa shape index (κ1) is 25.0. The molecule has 0 saturated carbocycles. The van der Waals surface area contributed by atoms with Crippen molar-refractivity contribution in [1.29, 1.82) is 0 Å². The number of benzene rings is 2. The molecular weight excluding hydrogens is 472 g/mol. The predicted octanol–water partition coefficient (Wildman–Crippen LogP) is 3.37. The van der Waals surface area contributed by atoms with E-state index in [0.717, 1.165) is 24.1 Å². The fourth-order valence-electron chi connectivity index (χ4n) is 4.56. The highest BCUT2D eigenvalue weighted by Gasteiger charge is 2.40. The van der Waals surface area contributed by atoms with E-state index in [4.69, 9.17) is 21.1 Å². The zero-order chi connectivity index (χ0) is 25.1. The number of ether oxygens (including phenoxy) is 2. The first-order valence-electron chi connectivity index (χ1n) is 11.4. The number of methoxy groups -OCH3 is 2. The number of fused-ring (bicyclic) bond motifs is 1. The molecule has 3 amide bonds. The molecule has 0 spiro atoms. The van der Waals surface area contributed by atoms with Crippen LogP contribution in [0.5, 0.6) is 0 Å². The van der Waals surface area contributed by atoms with Gasteiger partial charge in [-0.1, -0.05) is 11.6 Å². The monoisotopic (exact) mass is 500 g/mol. The largest absolute Gasteiger partial charge is 0.465 e. The van der Waals surface area contributed by atoms with Gasteiger partial charge in [-0.2, -0.15) is 0 Å². The standard InChI is InChI=1S/C25H29ClN4O5/c1-29-9-8-15-10-18(11-20(21(15)14-29)24(32)35-3)27-23(31)22-12-19(34-2)13-30(22)25(33)28-17-6-4-16(26)5-7-17/h4-7,10-11,19,22H,8-9,12-14H2,1-3H3,(H,27,31)(H,28,33)/t19-,22-/m1/s1. The van der Waals surface area contributed by atoms with Crippen molar-refractivity contribution in [2.75, 3.05) is 45.0 Å². The lowest BCUT2D eigenvalue weighted by molar-refractivity contribution is -0.119. The number of carbonyl (C=O) groups is 3. The molecule has 0 aliphatic carbocycles. The molecule has 0 radical (unpaired) electrons. The van der Waals surface area contributed by atoms with Gasteiger partial charge in [0.1, 0.15) is 6.04 Å². The highest BCUT2D eigenvalue weighted by Crippen LogP contribution is 2.29. The molecule has 2 N–H and O–H groups in total. The third-order valence-electron chi connectivity index (χ3n) is 6.46. The third-order valence-corrected chi connectivity index (χ3v) is 6.71. The summed E-state index contributed by atoms with van der Waals surface area (Å²) in [5.41, 5.74) is 3.41. The van der Waals surface area contributed by atoms with Crippen molar-refractivity contribution in [1.82, 2.24) is 9.80 Å². The number of nitrogens with one attached hydrogen (secondary N) is 2. The third kappa shape index (κ3) is 5.58. The summed E-state index contributed by atoms with van der Waals surface area (Å²) in [6.45, 7) is 1.75. The van der Waals surface area contributed by atoms with E-state index in [1.807, 2.05) is 13.1 Å². The van der Waals surface area contributed by atoms with E-state index in [1.165, 1.54) is 12.0 Å². The number of carbonyl (C=O) groups excluding carboxylic acids is 3. The second kappa shape index (κ2) is 10.6. The van der Waals surface area contributed by atoms with Crippen molar-refractivity contribution in [3.05, 3.63) is 58.1 Å². The number of anilines is 2. The Labute approximate surface area is 209 Å². The van der Waals surface area contributed by atoms with Gasteiger partial charge in [0.05, 0.1) is 18.8 Å². The number of esters is 1. The Morgan fingerprint density at radius 3 is 2.49 bits per heavy atom.